The van der Waals surface area contributed by atoms with Crippen molar-refractivity contribution < 1.29 is 4.74 Å². The number of hydrogen-bond donors (Lipinski definition) is 0. The molecule has 0 N–H and O–H groups in total. The Labute approximate surface area is 153 Å². The molecule has 3 nitrogen and oxygen atoms in total. The first kappa shape index (κ1) is 16.2. The molecule has 128 valence electrons. The number of hydrogen-bond acceptors (Lipinski definition) is 2. The van der Waals surface area contributed by atoms with Crippen molar-refractivity contribution in [3.8, 4) is 22.7 Å². The molecular weight excluding hydrogens is 320 g/mol. The number of methoxy groups -OCH3 is 1. The van der Waals surface area contributed by atoms with E-state index in [4.69, 9.17) is 9.72 Å². The topological polar surface area (TPSA) is 27.1 Å². The molecule has 0 aliphatic carbocycles. The van der Waals surface area contributed by atoms with Gasteiger partial charge in [-0.25, -0.2) is 4.98 Å². The molecule has 0 fully saturated rings. The third-order valence-electron chi connectivity index (χ3n) is 4.46. The third-order valence-corrected chi connectivity index (χ3v) is 4.46. The van der Waals surface area contributed by atoms with Crippen molar-refractivity contribution in [3.05, 3.63) is 103 Å². The number of nitrogens with zero attached hydrogens (tertiary/aromatic N) is 2. The average Bonchev–Trinajstić information content (AvgIpc) is 3.13. The highest BCUT2D eigenvalue weighted by molar-refractivity contribution is 5.66. The second kappa shape index (κ2) is 7.28. The summed E-state index contributed by atoms with van der Waals surface area (Å²) in [7, 11) is 1.68. The van der Waals surface area contributed by atoms with Crippen molar-refractivity contribution in [2.24, 2.45) is 0 Å². The van der Waals surface area contributed by atoms with E-state index in [0.29, 0.717) is 0 Å². The summed E-state index contributed by atoms with van der Waals surface area (Å²) in [5.41, 5.74) is 5.65. The normalized spacial score (nSPS) is 10.7. The standard InChI is InChI=1S/C23H20N2O/c1-26-21-14-12-19(13-15-21)23-22(16-18-8-4-2-5-9-18)24-17-25(23)20-10-6-3-7-11-20/h2-15,17H,16H2,1H3. The van der Waals surface area contributed by atoms with Gasteiger partial charge in [0.1, 0.15) is 12.1 Å². The van der Waals surface area contributed by atoms with Crippen LogP contribution in [0, 0.1) is 0 Å². The first-order valence-electron chi connectivity index (χ1n) is 8.65. The number of ether oxygens (including phenoxy) is 1. The lowest BCUT2D eigenvalue weighted by Gasteiger charge is -2.11. The van der Waals surface area contributed by atoms with Crippen LogP contribution < -0.4 is 4.74 Å². The van der Waals surface area contributed by atoms with Crippen LogP contribution in [0.25, 0.3) is 16.9 Å². The van der Waals surface area contributed by atoms with E-state index in [0.717, 1.165) is 34.8 Å². The van der Waals surface area contributed by atoms with E-state index in [1.165, 1.54) is 5.56 Å². The molecular formula is C23H20N2O. The lowest BCUT2D eigenvalue weighted by molar-refractivity contribution is 0.415. The Hall–Kier alpha value is -3.33. The monoisotopic (exact) mass is 340 g/mol. The summed E-state index contributed by atoms with van der Waals surface area (Å²) >= 11 is 0. The first-order valence-corrected chi connectivity index (χ1v) is 8.65. The molecule has 0 radical (unpaired) electrons. The molecule has 26 heavy (non-hydrogen) atoms. The van der Waals surface area contributed by atoms with Crippen molar-refractivity contribution in [1.82, 2.24) is 9.55 Å². The summed E-state index contributed by atoms with van der Waals surface area (Å²) in [4.78, 5) is 4.74. The lowest BCUT2D eigenvalue weighted by Crippen LogP contribution is -1.98. The molecule has 0 unspecified atom stereocenters. The van der Waals surface area contributed by atoms with Crippen LogP contribution in [-0.2, 0) is 6.42 Å². The van der Waals surface area contributed by atoms with Crippen LogP contribution in [0.1, 0.15) is 11.3 Å². The molecule has 0 bridgehead atoms. The van der Waals surface area contributed by atoms with Gasteiger partial charge in [-0.2, -0.15) is 0 Å². The van der Waals surface area contributed by atoms with E-state index in [1.54, 1.807) is 7.11 Å². The average molecular weight is 340 g/mol. The summed E-state index contributed by atoms with van der Waals surface area (Å²) in [5, 5.41) is 0. The zero-order valence-corrected chi connectivity index (χ0v) is 14.7. The molecule has 0 saturated carbocycles. The minimum atomic E-state index is 0.794. The maximum atomic E-state index is 5.30. The minimum Gasteiger partial charge on any atom is -0.497 e. The summed E-state index contributed by atoms with van der Waals surface area (Å²) < 4.78 is 7.46. The van der Waals surface area contributed by atoms with Crippen molar-refractivity contribution >= 4 is 0 Å². The molecule has 0 atom stereocenters. The Morgan fingerprint density at radius 1 is 0.808 bits per heavy atom. The zero-order valence-electron chi connectivity index (χ0n) is 14.7. The minimum absolute atomic E-state index is 0.794. The fourth-order valence-electron chi connectivity index (χ4n) is 3.14. The fraction of sp³-hybridized carbons (Fsp3) is 0.0870. The fourth-order valence-corrected chi connectivity index (χ4v) is 3.14. The summed E-state index contributed by atoms with van der Waals surface area (Å²) in [6.07, 6.45) is 2.70. The number of aromatic nitrogens is 2. The van der Waals surface area contributed by atoms with E-state index in [9.17, 15) is 0 Å². The maximum absolute atomic E-state index is 5.30. The molecule has 0 aliphatic rings. The second-order valence-electron chi connectivity index (χ2n) is 6.14. The van der Waals surface area contributed by atoms with Crippen LogP contribution >= 0.6 is 0 Å². The van der Waals surface area contributed by atoms with Gasteiger partial charge in [0.25, 0.3) is 0 Å². The number of imidazole rings is 1. The van der Waals surface area contributed by atoms with Gasteiger partial charge in [0.15, 0.2) is 0 Å². The predicted molar refractivity (Wildman–Crippen MR) is 105 cm³/mol. The number of benzene rings is 3. The highest BCUT2D eigenvalue weighted by atomic mass is 16.5. The quantitative estimate of drug-likeness (QED) is 0.503. The van der Waals surface area contributed by atoms with Gasteiger partial charge in [-0.15, -0.1) is 0 Å². The van der Waals surface area contributed by atoms with Crippen molar-refractivity contribution in [2.75, 3.05) is 7.11 Å². The van der Waals surface area contributed by atoms with E-state index < -0.39 is 0 Å². The second-order valence-corrected chi connectivity index (χ2v) is 6.14. The van der Waals surface area contributed by atoms with Gasteiger partial charge in [0.05, 0.1) is 18.5 Å². The smallest absolute Gasteiger partial charge is 0.118 e. The molecule has 4 rings (SSSR count). The van der Waals surface area contributed by atoms with Crippen molar-refractivity contribution in [1.29, 1.82) is 0 Å². The Bertz CT molecular complexity index is 974. The molecule has 0 amide bonds. The highest BCUT2D eigenvalue weighted by Gasteiger charge is 2.15. The molecule has 1 aromatic heterocycles. The van der Waals surface area contributed by atoms with Gasteiger partial charge in [-0.05, 0) is 42.0 Å². The Morgan fingerprint density at radius 3 is 2.12 bits per heavy atom. The third kappa shape index (κ3) is 3.24. The van der Waals surface area contributed by atoms with Crippen LogP contribution in [0.2, 0.25) is 0 Å². The van der Waals surface area contributed by atoms with Crippen LogP contribution in [0.3, 0.4) is 0 Å². The summed E-state index contributed by atoms with van der Waals surface area (Å²) in [6.45, 7) is 0. The molecule has 0 saturated heterocycles. The van der Waals surface area contributed by atoms with E-state index in [-0.39, 0.29) is 0 Å². The summed E-state index contributed by atoms with van der Waals surface area (Å²) in [5.74, 6) is 0.851. The molecule has 3 heteroatoms. The van der Waals surface area contributed by atoms with Crippen molar-refractivity contribution in [3.63, 3.8) is 0 Å². The van der Waals surface area contributed by atoms with Gasteiger partial charge in [-0.1, -0.05) is 48.5 Å². The van der Waals surface area contributed by atoms with Gasteiger partial charge in [0, 0.05) is 17.7 Å². The van der Waals surface area contributed by atoms with Gasteiger partial charge in [0.2, 0.25) is 0 Å². The van der Waals surface area contributed by atoms with E-state index in [1.807, 2.05) is 42.7 Å². The van der Waals surface area contributed by atoms with Crippen LogP contribution in [0.15, 0.2) is 91.3 Å². The predicted octanol–water partition coefficient (Wildman–Crippen LogP) is 5.14. The largest absolute Gasteiger partial charge is 0.497 e. The zero-order chi connectivity index (χ0) is 17.8. The van der Waals surface area contributed by atoms with Gasteiger partial charge >= 0.3 is 0 Å². The number of rotatable bonds is 5. The van der Waals surface area contributed by atoms with Crippen LogP contribution in [-0.4, -0.2) is 16.7 Å². The van der Waals surface area contributed by atoms with Crippen LogP contribution in [0.4, 0.5) is 0 Å². The molecule has 3 aromatic carbocycles. The molecule has 1 heterocycles. The highest BCUT2D eigenvalue weighted by Crippen LogP contribution is 2.29. The van der Waals surface area contributed by atoms with Gasteiger partial charge in [-0.3, -0.25) is 4.57 Å². The SMILES string of the molecule is COc1ccc(-c2c(Cc3ccccc3)ncn2-c2ccccc2)cc1. The Morgan fingerprint density at radius 2 is 1.46 bits per heavy atom. The summed E-state index contributed by atoms with van der Waals surface area (Å²) in [6, 6.07) is 28.9. The van der Waals surface area contributed by atoms with E-state index in [2.05, 4.69) is 53.1 Å². The molecule has 0 aliphatic heterocycles. The van der Waals surface area contributed by atoms with Gasteiger partial charge < -0.3 is 4.74 Å². The van der Waals surface area contributed by atoms with E-state index >= 15 is 0 Å². The lowest BCUT2D eigenvalue weighted by atomic mass is 10.0. The van der Waals surface area contributed by atoms with Crippen LogP contribution in [0.5, 0.6) is 5.75 Å². The molecule has 4 aromatic rings. The maximum Gasteiger partial charge on any atom is 0.118 e. The molecule has 0 spiro atoms. The Balaban J connectivity index is 1.82. The first-order chi connectivity index (χ1) is 12.8. The Kier molecular flexibility index (Phi) is 4.52. The van der Waals surface area contributed by atoms with Crippen molar-refractivity contribution in [2.45, 2.75) is 6.42 Å². The number of para-hydroxylation sites is 1.